The second kappa shape index (κ2) is 9.17. The van der Waals surface area contributed by atoms with Crippen LogP contribution in [0.3, 0.4) is 0 Å². The van der Waals surface area contributed by atoms with Gasteiger partial charge in [-0.15, -0.1) is 0 Å². The van der Waals surface area contributed by atoms with Gasteiger partial charge in [0.2, 0.25) is 10.0 Å². The van der Waals surface area contributed by atoms with Crippen molar-refractivity contribution in [2.24, 2.45) is 0 Å². The Morgan fingerprint density at radius 2 is 1.84 bits per heavy atom. The van der Waals surface area contributed by atoms with Crippen molar-refractivity contribution in [1.29, 1.82) is 0 Å². The van der Waals surface area contributed by atoms with Crippen LogP contribution in [-0.4, -0.2) is 68.4 Å². The zero-order chi connectivity index (χ0) is 22.7. The molecule has 10 heteroatoms. The lowest BCUT2D eigenvalue weighted by Gasteiger charge is -2.34. The number of nitrogens with zero attached hydrogens (tertiary/aromatic N) is 2. The molecule has 1 atom stereocenters. The Morgan fingerprint density at radius 1 is 1.12 bits per heavy atom. The number of nitrogens with one attached hydrogen (secondary N) is 2. The van der Waals surface area contributed by atoms with Crippen molar-refractivity contribution in [3.05, 3.63) is 54.1 Å². The minimum absolute atomic E-state index is 0.0791. The first kappa shape index (κ1) is 22.1. The maximum atomic E-state index is 13.1. The number of carbonyl (C=O) groups is 2. The van der Waals surface area contributed by atoms with Crippen molar-refractivity contribution in [3.8, 4) is 5.75 Å². The quantitative estimate of drug-likeness (QED) is 0.709. The van der Waals surface area contributed by atoms with Gasteiger partial charge in [-0.1, -0.05) is 30.3 Å². The molecule has 1 saturated heterocycles. The van der Waals surface area contributed by atoms with E-state index in [1.165, 1.54) is 16.4 Å². The monoisotopic (exact) mass is 458 g/mol. The number of ether oxygens (including phenoxy) is 1. The van der Waals surface area contributed by atoms with E-state index in [0.29, 0.717) is 31.1 Å². The summed E-state index contributed by atoms with van der Waals surface area (Å²) in [4.78, 5) is 26.0. The van der Waals surface area contributed by atoms with E-state index in [2.05, 4.69) is 10.6 Å². The molecular weight excluding hydrogens is 432 g/mol. The molecule has 0 radical (unpaired) electrons. The number of amides is 3. The van der Waals surface area contributed by atoms with E-state index in [-0.39, 0.29) is 29.9 Å². The van der Waals surface area contributed by atoms with Crippen molar-refractivity contribution in [2.45, 2.75) is 24.3 Å². The topological polar surface area (TPSA) is 108 Å². The first-order valence-corrected chi connectivity index (χ1v) is 12.0. The molecule has 4 rings (SSSR count). The smallest absolute Gasteiger partial charge is 0.317 e. The maximum Gasteiger partial charge on any atom is 0.317 e. The second-order valence-electron chi connectivity index (χ2n) is 7.77. The van der Waals surface area contributed by atoms with Gasteiger partial charge in [0, 0.05) is 32.7 Å². The fourth-order valence-electron chi connectivity index (χ4n) is 3.70. The van der Waals surface area contributed by atoms with Crippen molar-refractivity contribution in [1.82, 2.24) is 14.5 Å². The summed E-state index contributed by atoms with van der Waals surface area (Å²) in [6, 6.07) is 14.1. The zero-order valence-electron chi connectivity index (χ0n) is 17.8. The van der Waals surface area contributed by atoms with Crippen molar-refractivity contribution < 1.29 is 22.7 Å². The van der Waals surface area contributed by atoms with Gasteiger partial charge < -0.3 is 20.3 Å². The molecular formula is C22H26N4O5S. The number of sulfonamides is 1. The molecule has 1 fully saturated rings. The van der Waals surface area contributed by atoms with E-state index in [4.69, 9.17) is 4.74 Å². The summed E-state index contributed by atoms with van der Waals surface area (Å²) >= 11 is 0. The highest BCUT2D eigenvalue weighted by atomic mass is 32.2. The average molecular weight is 459 g/mol. The number of rotatable bonds is 5. The van der Waals surface area contributed by atoms with E-state index < -0.39 is 16.1 Å². The number of benzene rings is 2. The highest BCUT2D eigenvalue weighted by Gasteiger charge is 2.32. The van der Waals surface area contributed by atoms with Crippen LogP contribution in [0.5, 0.6) is 5.75 Å². The van der Waals surface area contributed by atoms with Crippen LogP contribution < -0.4 is 15.4 Å². The minimum atomic E-state index is -3.76. The van der Waals surface area contributed by atoms with Crippen LogP contribution in [0.4, 0.5) is 10.5 Å². The Bertz CT molecular complexity index is 1100. The summed E-state index contributed by atoms with van der Waals surface area (Å²) in [5, 5.41) is 5.56. The number of fused-ring (bicyclic) bond motifs is 1. The molecule has 32 heavy (non-hydrogen) atoms. The van der Waals surface area contributed by atoms with Crippen LogP contribution in [0.1, 0.15) is 12.5 Å². The van der Waals surface area contributed by atoms with Crippen molar-refractivity contribution >= 4 is 27.6 Å². The Balaban J connectivity index is 1.33. The summed E-state index contributed by atoms with van der Waals surface area (Å²) in [5.41, 5.74) is 1.48. The van der Waals surface area contributed by atoms with Crippen LogP contribution >= 0.6 is 0 Å². The predicted molar refractivity (Wildman–Crippen MR) is 119 cm³/mol. The molecule has 0 spiro atoms. The number of carbonyl (C=O) groups excluding carboxylic acids is 2. The fraction of sp³-hybridized carbons (Fsp3) is 0.364. The van der Waals surface area contributed by atoms with E-state index in [1.807, 2.05) is 30.3 Å². The van der Waals surface area contributed by atoms with Crippen LogP contribution in [0.25, 0.3) is 0 Å². The second-order valence-corrected chi connectivity index (χ2v) is 9.70. The number of hydrogen-bond acceptors (Lipinski definition) is 5. The highest BCUT2D eigenvalue weighted by Crippen LogP contribution is 2.32. The van der Waals surface area contributed by atoms with Gasteiger partial charge >= 0.3 is 6.03 Å². The lowest BCUT2D eigenvalue weighted by Crippen LogP contribution is -2.53. The summed E-state index contributed by atoms with van der Waals surface area (Å²) in [5.74, 6) is 0.118. The lowest BCUT2D eigenvalue weighted by atomic mass is 10.1. The molecule has 2 aromatic carbocycles. The molecule has 2 aromatic rings. The van der Waals surface area contributed by atoms with Crippen molar-refractivity contribution in [3.63, 3.8) is 0 Å². The van der Waals surface area contributed by atoms with Gasteiger partial charge in [0.15, 0.2) is 6.10 Å². The Hall–Kier alpha value is -3.11. The predicted octanol–water partition coefficient (Wildman–Crippen LogP) is 1.66. The number of anilines is 1. The summed E-state index contributed by atoms with van der Waals surface area (Å²) in [6.07, 6.45) is 0.107. The zero-order valence-corrected chi connectivity index (χ0v) is 18.6. The standard InChI is InChI=1S/C22H26N4O5S/c1-16-21(27)24-19-15-18(7-8-20(19)31-16)32(29,30)26-13-11-25(12-14-26)22(28)23-10-9-17-5-3-2-4-6-17/h2-8,15-16H,9-14H2,1H3,(H,23,28)(H,24,27)/t16-/m1/s1. The molecule has 2 aliphatic rings. The van der Waals surface area contributed by atoms with E-state index in [0.717, 1.165) is 12.0 Å². The lowest BCUT2D eigenvalue weighted by molar-refractivity contribution is -0.122. The molecule has 3 amide bonds. The number of piperazine rings is 1. The van der Waals surface area contributed by atoms with Gasteiger partial charge in [0.05, 0.1) is 10.6 Å². The molecule has 170 valence electrons. The van der Waals surface area contributed by atoms with Crippen molar-refractivity contribution in [2.75, 3.05) is 38.0 Å². The third-order valence-corrected chi connectivity index (χ3v) is 7.47. The summed E-state index contributed by atoms with van der Waals surface area (Å²) in [6.45, 7) is 3.15. The van der Waals surface area contributed by atoms with Gasteiger partial charge in [-0.3, -0.25) is 4.79 Å². The third kappa shape index (κ3) is 4.71. The number of urea groups is 1. The summed E-state index contributed by atoms with van der Waals surface area (Å²) < 4.78 is 33.0. The Morgan fingerprint density at radius 3 is 2.56 bits per heavy atom. The number of hydrogen-bond donors (Lipinski definition) is 2. The van der Waals surface area contributed by atoms with E-state index in [9.17, 15) is 18.0 Å². The molecule has 0 bridgehead atoms. The van der Waals surface area contributed by atoms with Crippen LogP contribution in [0.2, 0.25) is 0 Å². The average Bonchev–Trinajstić information content (AvgIpc) is 2.80. The third-order valence-electron chi connectivity index (χ3n) is 5.58. The molecule has 2 aliphatic heterocycles. The van der Waals surface area contributed by atoms with Crippen LogP contribution in [-0.2, 0) is 21.2 Å². The SMILES string of the molecule is C[C@H]1Oc2ccc(S(=O)(=O)N3CCN(C(=O)NCCc4ccccc4)CC3)cc2NC1=O. The minimum Gasteiger partial charge on any atom is -0.479 e. The van der Waals surface area contributed by atoms with Crippen LogP contribution in [0.15, 0.2) is 53.4 Å². The fourth-order valence-corrected chi connectivity index (χ4v) is 5.15. The van der Waals surface area contributed by atoms with Gasteiger partial charge in [-0.25, -0.2) is 13.2 Å². The first-order valence-electron chi connectivity index (χ1n) is 10.5. The molecule has 9 nitrogen and oxygen atoms in total. The summed E-state index contributed by atoms with van der Waals surface area (Å²) in [7, 11) is -3.76. The maximum absolute atomic E-state index is 13.1. The van der Waals surface area contributed by atoms with Gasteiger partial charge in [0.1, 0.15) is 5.75 Å². The van der Waals surface area contributed by atoms with Crippen LogP contribution in [0, 0.1) is 0 Å². The molecule has 0 aromatic heterocycles. The van der Waals surface area contributed by atoms with Gasteiger partial charge in [0.25, 0.3) is 5.91 Å². The molecule has 2 heterocycles. The van der Waals surface area contributed by atoms with E-state index in [1.54, 1.807) is 17.9 Å². The van der Waals surface area contributed by atoms with E-state index >= 15 is 0 Å². The highest BCUT2D eigenvalue weighted by molar-refractivity contribution is 7.89. The molecule has 2 N–H and O–H groups in total. The first-order chi connectivity index (χ1) is 15.3. The molecule has 0 saturated carbocycles. The molecule has 0 unspecified atom stereocenters. The molecule has 0 aliphatic carbocycles. The van der Waals surface area contributed by atoms with Gasteiger partial charge in [-0.05, 0) is 37.1 Å². The Kier molecular flexibility index (Phi) is 6.33. The normalized spacial score (nSPS) is 19.0. The Labute approximate surface area is 187 Å². The van der Waals surface area contributed by atoms with Gasteiger partial charge in [-0.2, -0.15) is 4.31 Å². The largest absolute Gasteiger partial charge is 0.479 e.